The molecular formula is C9H8N2O5. The minimum atomic E-state index is -1.12. The van der Waals surface area contributed by atoms with Gasteiger partial charge in [-0.3, -0.25) is 10.1 Å². The molecule has 0 aliphatic carbocycles. The van der Waals surface area contributed by atoms with Gasteiger partial charge in [0.15, 0.2) is 0 Å². The van der Waals surface area contributed by atoms with E-state index in [4.69, 9.17) is 5.11 Å². The van der Waals surface area contributed by atoms with Crippen molar-refractivity contribution in [2.24, 2.45) is 5.16 Å². The Balaban J connectivity index is 2.55. The number of nitro benzene ring substituents is 1. The molecule has 7 heteroatoms. The van der Waals surface area contributed by atoms with Crippen LogP contribution in [0.2, 0.25) is 0 Å². The van der Waals surface area contributed by atoms with E-state index in [1.54, 1.807) is 0 Å². The van der Waals surface area contributed by atoms with E-state index >= 15 is 0 Å². The molecule has 0 radical (unpaired) electrons. The summed E-state index contributed by atoms with van der Waals surface area (Å²) in [6.45, 7) is -0.524. The van der Waals surface area contributed by atoms with E-state index in [1.807, 2.05) is 0 Å². The summed E-state index contributed by atoms with van der Waals surface area (Å²) in [7, 11) is 0. The Morgan fingerprint density at radius 2 is 2.12 bits per heavy atom. The van der Waals surface area contributed by atoms with Gasteiger partial charge < -0.3 is 9.94 Å². The first-order valence-corrected chi connectivity index (χ1v) is 4.21. The van der Waals surface area contributed by atoms with Gasteiger partial charge in [-0.2, -0.15) is 0 Å². The molecule has 16 heavy (non-hydrogen) atoms. The Kier molecular flexibility index (Phi) is 3.96. The summed E-state index contributed by atoms with van der Waals surface area (Å²) < 4.78 is 0. The lowest BCUT2D eigenvalue weighted by Gasteiger charge is -1.94. The number of carboxylic acid groups (broad SMARTS) is 1. The second kappa shape index (κ2) is 5.44. The highest BCUT2D eigenvalue weighted by Crippen LogP contribution is 2.10. The van der Waals surface area contributed by atoms with E-state index in [0.29, 0.717) is 5.56 Å². The Morgan fingerprint density at radius 3 is 2.62 bits per heavy atom. The maximum Gasteiger partial charge on any atom is 0.344 e. The van der Waals surface area contributed by atoms with Crippen molar-refractivity contribution in [1.29, 1.82) is 0 Å². The predicted octanol–water partition coefficient (Wildman–Crippen LogP) is 1.03. The summed E-state index contributed by atoms with van der Waals surface area (Å²) >= 11 is 0. The maximum absolute atomic E-state index is 10.3. The first-order valence-electron chi connectivity index (χ1n) is 4.21. The van der Waals surface area contributed by atoms with Crippen molar-refractivity contribution in [3.8, 4) is 0 Å². The van der Waals surface area contributed by atoms with E-state index in [0.717, 1.165) is 0 Å². The molecule has 0 amide bonds. The molecular weight excluding hydrogens is 216 g/mol. The Hall–Kier alpha value is -2.44. The van der Waals surface area contributed by atoms with Gasteiger partial charge in [-0.15, -0.1) is 0 Å². The van der Waals surface area contributed by atoms with Gasteiger partial charge in [0.05, 0.1) is 11.1 Å². The molecule has 0 saturated heterocycles. The number of non-ortho nitro benzene ring substituents is 1. The van der Waals surface area contributed by atoms with Crippen molar-refractivity contribution in [3.05, 3.63) is 39.9 Å². The average molecular weight is 224 g/mol. The molecule has 1 N–H and O–H groups in total. The SMILES string of the molecule is O=C(O)CO/N=C/c1ccc([N+](=O)[O-])cc1. The van der Waals surface area contributed by atoms with E-state index in [2.05, 4.69) is 9.99 Å². The minimum absolute atomic E-state index is 0.0244. The van der Waals surface area contributed by atoms with Gasteiger partial charge in [-0.1, -0.05) is 5.16 Å². The third-order valence-corrected chi connectivity index (χ3v) is 1.57. The van der Waals surface area contributed by atoms with E-state index in [9.17, 15) is 14.9 Å². The monoisotopic (exact) mass is 224 g/mol. The first-order chi connectivity index (χ1) is 7.59. The van der Waals surface area contributed by atoms with E-state index in [-0.39, 0.29) is 5.69 Å². The number of nitro groups is 1. The number of aliphatic carboxylic acids is 1. The summed E-state index contributed by atoms with van der Waals surface area (Å²) in [5.41, 5.74) is 0.555. The normalized spacial score (nSPS) is 10.2. The molecule has 0 aliphatic heterocycles. The van der Waals surface area contributed by atoms with Crippen LogP contribution in [0.4, 0.5) is 5.69 Å². The van der Waals surface area contributed by atoms with Gasteiger partial charge in [0.1, 0.15) is 0 Å². The molecule has 0 atom stereocenters. The Labute approximate surface area is 90.1 Å². The first kappa shape index (κ1) is 11.6. The predicted molar refractivity (Wildman–Crippen MR) is 54.3 cm³/mol. The van der Waals surface area contributed by atoms with Crippen LogP contribution < -0.4 is 0 Å². The van der Waals surface area contributed by atoms with Crippen LogP contribution >= 0.6 is 0 Å². The Morgan fingerprint density at radius 1 is 1.50 bits per heavy atom. The van der Waals surface area contributed by atoms with Crippen LogP contribution in [0.1, 0.15) is 5.56 Å². The number of carbonyl (C=O) groups is 1. The zero-order valence-electron chi connectivity index (χ0n) is 8.07. The second-order valence-electron chi connectivity index (χ2n) is 2.75. The topological polar surface area (TPSA) is 102 Å². The lowest BCUT2D eigenvalue weighted by atomic mass is 10.2. The van der Waals surface area contributed by atoms with Gasteiger partial charge >= 0.3 is 5.97 Å². The third kappa shape index (κ3) is 3.74. The quantitative estimate of drug-likeness (QED) is 0.457. The fraction of sp³-hybridized carbons (Fsp3) is 0.111. The van der Waals surface area contributed by atoms with Crippen LogP contribution in [0.25, 0.3) is 0 Å². The smallest absolute Gasteiger partial charge is 0.344 e. The fourth-order valence-electron chi connectivity index (χ4n) is 0.873. The zero-order valence-corrected chi connectivity index (χ0v) is 8.07. The molecule has 1 aromatic rings. The molecule has 1 rings (SSSR count). The standard InChI is InChI=1S/C9H8N2O5/c12-9(13)6-16-10-5-7-1-3-8(4-2-7)11(14)15/h1-5H,6H2,(H,12,13)/b10-5+. The molecule has 0 heterocycles. The summed E-state index contributed by atoms with van der Waals surface area (Å²) in [5, 5.41) is 21.9. The van der Waals surface area contributed by atoms with Gasteiger partial charge in [-0.25, -0.2) is 4.79 Å². The third-order valence-electron chi connectivity index (χ3n) is 1.57. The summed E-state index contributed by atoms with van der Waals surface area (Å²) in [6.07, 6.45) is 1.27. The number of rotatable bonds is 5. The average Bonchev–Trinajstić information content (AvgIpc) is 2.25. The number of hydrogen-bond acceptors (Lipinski definition) is 5. The number of nitrogens with zero attached hydrogens (tertiary/aromatic N) is 2. The van der Waals surface area contributed by atoms with Crippen LogP contribution in [0.3, 0.4) is 0 Å². The molecule has 84 valence electrons. The lowest BCUT2D eigenvalue weighted by molar-refractivity contribution is -0.384. The van der Waals surface area contributed by atoms with Gasteiger partial charge in [0.2, 0.25) is 6.61 Å². The van der Waals surface area contributed by atoms with Crippen LogP contribution in [-0.2, 0) is 9.63 Å². The minimum Gasteiger partial charge on any atom is -0.479 e. The highest BCUT2D eigenvalue weighted by Gasteiger charge is 2.02. The molecule has 1 aromatic carbocycles. The van der Waals surface area contributed by atoms with Crippen molar-refractivity contribution in [3.63, 3.8) is 0 Å². The second-order valence-corrected chi connectivity index (χ2v) is 2.75. The molecule has 0 aromatic heterocycles. The van der Waals surface area contributed by atoms with Crippen LogP contribution in [-0.4, -0.2) is 28.8 Å². The largest absolute Gasteiger partial charge is 0.479 e. The number of benzene rings is 1. The van der Waals surface area contributed by atoms with Gasteiger partial charge in [0, 0.05) is 12.1 Å². The van der Waals surface area contributed by atoms with Crippen molar-refractivity contribution in [2.75, 3.05) is 6.61 Å². The fourth-order valence-corrected chi connectivity index (χ4v) is 0.873. The van der Waals surface area contributed by atoms with Crippen molar-refractivity contribution >= 4 is 17.9 Å². The summed E-state index contributed by atoms with van der Waals surface area (Å²) in [5.74, 6) is -1.12. The Bertz CT molecular complexity index is 412. The molecule has 0 spiro atoms. The number of carboxylic acids is 1. The number of oxime groups is 1. The van der Waals surface area contributed by atoms with E-state index < -0.39 is 17.5 Å². The molecule has 0 aliphatic rings. The summed E-state index contributed by atoms with van der Waals surface area (Å²) in [6, 6.07) is 5.59. The van der Waals surface area contributed by atoms with Crippen LogP contribution in [0.5, 0.6) is 0 Å². The van der Waals surface area contributed by atoms with Crippen molar-refractivity contribution < 1.29 is 19.7 Å². The van der Waals surface area contributed by atoms with Crippen molar-refractivity contribution in [2.45, 2.75) is 0 Å². The van der Waals surface area contributed by atoms with E-state index in [1.165, 1.54) is 30.5 Å². The molecule has 0 saturated carbocycles. The highest BCUT2D eigenvalue weighted by atomic mass is 16.6. The maximum atomic E-state index is 10.3. The van der Waals surface area contributed by atoms with Gasteiger partial charge in [-0.05, 0) is 17.7 Å². The highest BCUT2D eigenvalue weighted by molar-refractivity contribution is 5.79. The van der Waals surface area contributed by atoms with Crippen LogP contribution in [0.15, 0.2) is 29.4 Å². The zero-order chi connectivity index (χ0) is 12.0. The summed E-state index contributed by atoms with van der Waals surface area (Å²) in [4.78, 5) is 24.3. The van der Waals surface area contributed by atoms with Crippen LogP contribution in [0, 0.1) is 10.1 Å². The molecule has 0 unspecified atom stereocenters. The lowest BCUT2D eigenvalue weighted by Crippen LogP contribution is -2.03. The molecule has 0 bridgehead atoms. The van der Waals surface area contributed by atoms with Gasteiger partial charge in [0.25, 0.3) is 5.69 Å². The number of hydrogen-bond donors (Lipinski definition) is 1. The molecule has 0 fully saturated rings. The van der Waals surface area contributed by atoms with Crippen molar-refractivity contribution in [1.82, 2.24) is 0 Å². The molecule has 7 nitrogen and oxygen atoms in total.